The predicted octanol–water partition coefficient (Wildman–Crippen LogP) is 3.02. The van der Waals surface area contributed by atoms with Gasteiger partial charge in [0, 0.05) is 15.6 Å². The summed E-state index contributed by atoms with van der Waals surface area (Å²) in [5.74, 6) is 0. The molecule has 0 amide bonds. The van der Waals surface area contributed by atoms with Gasteiger partial charge in [-0.3, -0.25) is 4.79 Å². The quantitative estimate of drug-likeness (QED) is 0.648. The molecule has 5 heteroatoms. The molecule has 1 aromatic heterocycles. The molecule has 0 fully saturated rings. The Morgan fingerprint density at radius 1 is 1.39 bits per heavy atom. The molecule has 0 unspecified atom stereocenters. The first-order valence-corrected chi connectivity index (χ1v) is 7.67. The van der Waals surface area contributed by atoms with E-state index in [4.69, 9.17) is 0 Å². The molecule has 3 rings (SSSR count). The van der Waals surface area contributed by atoms with Crippen molar-refractivity contribution in [2.75, 3.05) is 6.26 Å². The van der Waals surface area contributed by atoms with E-state index in [0.717, 1.165) is 34.1 Å². The minimum Gasteiger partial charge on any atom is -0.301 e. The molecule has 1 aliphatic carbocycles. The van der Waals surface area contributed by atoms with Gasteiger partial charge >= 0.3 is 0 Å². The zero-order chi connectivity index (χ0) is 12.7. The monoisotopic (exact) mass is 322 g/mol. The maximum absolute atomic E-state index is 12.0. The van der Waals surface area contributed by atoms with Crippen molar-refractivity contribution in [2.45, 2.75) is 18.0 Å². The number of nitrogens with one attached hydrogen (secondary N) is 1. The summed E-state index contributed by atoms with van der Waals surface area (Å²) in [5.41, 5.74) is 3.97. The van der Waals surface area contributed by atoms with E-state index in [0.29, 0.717) is 5.16 Å². The van der Waals surface area contributed by atoms with Gasteiger partial charge in [-0.05, 0) is 36.8 Å². The fourth-order valence-corrected chi connectivity index (χ4v) is 3.01. The lowest BCUT2D eigenvalue weighted by molar-refractivity contribution is 0.844. The summed E-state index contributed by atoms with van der Waals surface area (Å²) in [6.45, 7) is 0. The Balaban J connectivity index is 2.31. The van der Waals surface area contributed by atoms with Crippen molar-refractivity contribution >= 4 is 27.7 Å². The van der Waals surface area contributed by atoms with E-state index in [1.165, 1.54) is 17.3 Å². The first kappa shape index (κ1) is 12.0. The Hall–Kier alpha value is -1.07. The highest BCUT2D eigenvalue weighted by Gasteiger charge is 2.21. The van der Waals surface area contributed by atoms with Crippen LogP contribution in [0.5, 0.6) is 0 Å². The SMILES string of the molecule is CSc1nc2c(c(=O)[nH]1)CCc1ccc(Br)cc1-2. The third kappa shape index (κ3) is 1.91. The number of hydrogen-bond donors (Lipinski definition) is 1. The summed E-state index contributed by atoms with van der Waals surface area (Å²) < 4.78 is 1.02. The minimum atomic E-state index is -0.00465. The highest BCUT2D eigenvalue weighted by Crippen LogP contribution is 2.32. The van der Waals surface area contributed by atoms with Crippen molar-refractivity contribution in [3.05, 3.63) is 44.2 Å². The number of H-pyrrole nitrogens is 1. The Bertz CT molecular complexity index is 681. The zero-order valence-electron chi connectivity index (χ0n) is 9.79. The number of rotatable bonds is 1. The van der Waals surface area contributed by atoms with Crippen molar-refractivity contribution in [3.63, 3.8) is 0 Å². The van der Waals surface area contributed by atoms with Crippen LogP contribution < -0.4 is 5.56 Å². The van der Waals surface area contributed by atoms with Crippen LogP contribution >= 0.6 is 27.7 Å². The fraction of sp³-hybridized carbons (Fsp3) is 0.231. The molecule has 1 heterocycles. The second-order valence-electron chi connectivity index (χ2n) is 4.20. The Kier molecular flexibility index (Phi) is 3.03. The van der Waals surface area contributed by atoms with E-state index in [2.05, 4.69) is 32.0 Å². The Labute approximate surface area is 117 Å². The molecule has 3 nitrogen and oxygen atoms in total. The molecule has 2 aromatic rings. The molecule has 1 N–H and O–H groups in total. The van der Waals surface area contributed by atoms with Gasteiger partial charge in [0.15, 0.2) is 5.16 Å². The van der Waals surface area contributed by atoms with Gasteiger partial charge in [-0.25, -0.2) is 4.98 Å². The number of benzene rings is 1. The lowest BCUT2D eigenvalue weighted by Gasteiger charge is -2.18. The molecular weight excluding hydrogens is 312 g/mol. The van der Waals surface area contributed by atoms with Crippen LogP contribution in [0.3, 0.4) is 0 Å². The average Bonchev–Trinajstić information content (AvgIpc) is 2.38. The smallest absolute Gasteiger partial charge is 0.255 e. The number of nitrogens with zero attached hydrogens (tertiary/aromatic N) is 1. The van der Waals surface area contributed by atoms with Crippen LogP contribution in [0.15, 0.2) is 32.6 Å². The van der Waals surface area contributed by atoms with E-state index in [1.54, 1.807) is 0 Å². The van der Waals surface area contributed by atoms with Crippen LogP contribution in [-0.2, 0) is 12.8 Å². The van der Waals surface area contributed by atoms with Crippen LogP contribution in [-0.4, -0.2) is 16.2 Å². The molecule has 0 saturated carbocycles. The van der Waals surface area contributed by atoms with E-state index in [1.807, 2.05) is 18.4 Å². The summed E-state index contributed by atoms with van der Waals surface area (Å²) in [4.78, 5) is 19.4. The summed E-state index contributed by atoms with van der Waals surface area (Å²) in [7, 11) is 0. The van der Waals surface area contributed by atoms with Crippen molar-refractivity contribution < 1.29 is 0 Å². The van der Waals surface area contributed by atoms with Gasteiger partial charge in [0.25, 0.3) is 5.56 Å². The van der Waals surface area contributed by atoms with Crippen LogP contribution in [0, 0.1) is 0 Å². The lowest BCUT2D eigenvalue weighted by Crippen LogP contribution is -2.20. The second kappa shape index (κ2) is 4.55. The zero-order valence-corrected chi connectivity index (χ0v) is 12.2. The number of thioether (sulfide) groups is 1. The van der Waals surface area contributed by atoms with Gasteiger partial charge in [0.1, 0.15) is 0 Å². The minimum absolute atomic E-state index is 0.00465. The first-order valence-electron chi connectivity index (χ1n) is 5.65. The van der Waals surface area contributed by atoms with E-state index >= 15 is 0 Å². The maximum atomic E-state index is 12.0. The van der Waals surface area contributed by atoms with Crippen LogP contribution in [0.4, 0.5) is 0 Å². The number of aryl methyl sites for hydroxylation is 1. The van der Waals surface area contributed by atoms with Gasteiger partial charge < -0.3 is 4.98 Å². The molecule has 0 bridgehead atoms. The molecule has 1 aromatic carbocycles. The van der Waals surface area contributed by atoms with Crippen molar-refractivity contribution in [2.24, 2.45) is 0 Å². The number of aromatic amines is 1. The Morgan fingerprint density at radius 2 is 2.22 bits per heavy atom. The highest BCUT2D eigenvalue weighted by atomic mass is 79.9. The van der Waals surface area contributed by atoms with Gasteiger partial charge in [-0.15, -0.1) is 0 Å². The van der Waals surface area contributed by atoms with Crippen molar-refractivity contribution in [3.8, 4) is 11.3 Å². The third-order valence-electron chi connectivity index (χ3n) is 3.16. The first-order chi connectivity index (χ1) is 8.69. The van der Waals surface area contributed by atoms with Gasteiger partial charge in [-0.1, -0.05) is 33.8 Å². The fourth-order valence-electron chi connectivity index (χ4n) is 2.28. The second-order valence-corrected chi connectivity index (χ2v) is 5.91. The summed E-state index contributed by atoms with van der Waals surface area (Å²) >= 11 is 4.93. The Morgan fingerprint density at radius 3 is 3.00 bits per heavy atom. The molecule has 0 saturated heterocycles. The van der Waals surface area contributed by atoms with Gasteiger partial charge in [0.05, 0.1) is 5.69 Å². The standard InChI is InChI=1S/C13H11BrN2OS/c1-18-13-15-11-9(12(17)16-13)5-3-7-2-4-8(14)6-10(7)11/h2,4,6H,3,5H2,1H3,(H,15,16,17). The van der Waals surface area contributed by atoms with E-state index in [9.17, 15) is 4.79 Å². The molecule has 0 spiro atoms. The van der Waals surface area contributed by atoms with E-state index < -0.39 is 0 Å². The van der Waals surface area contributed by atoms with Crippen molar-refractivity contribution in [1.82, 2.24) is 9.97 Å². The van der Waals surface area contributed by atoms with Crippen LogP contribution in [0.25, 0.3) is 11.3 Å². The lowest BCUT2D eigenvalue weighted by atomic mass is 9.90. The highest BCUT2D eigenvalue weighted by molar-refractivity contribution is 9.10. The summed E-state index contributed by atoms with van der Waals surface area (Å²) in [6.07, 6.45) is 3.58. The number of hydrogen-bond acceptors (Lipinski definition) is 3. The maximum Gasteiger partial charge on any atom is 0.255 e. The normalized spacial score (nSPS) is 13.0. The molecule has 0 radical (unpaired) electrons. The largest absolute Gasteiger partial charge is 0.301 e. The topological polar surface area (TPSA) is 45.8 Å². The number of aromatic nitrogens is 2. The summed E-state index contributed by atoms with van der Waals surface area (Å²) in [6, 6.07) is 6.18. The molecule has 0 atom stereocenters. The van der Waals surface area contributed by atoms with Crippen molar-refractivity contribution in [1.29, 1.82) is 0 Å². The van der Waals surface area contributed by atoms with Crippen LogP contribution in [0.2, 0.25) is 0 Å². The molecular formula is C13H11BrN2OS. The number of halogens is 1. The predicted molar refractivity (Wildman–Crippen MR) is 77.2 cm³/mol. The molecule has 92 valence electrons. The third-order valence-corrected chi connectivity index (χ3v) is 4.23. The van der Waals surface area contributed by atoms with Gasteiger partial charge in [0.2, 0.25) is 0 Å². The number of fused-ring (bicyclic) bond motifs is 3. The van der Waals surface area contributed by atoms with Crippen LogP contribution in [0.1, 0.15) is 11.1 Å². The molecule has 18 heavy (non-hydrogen) atoms. The summed E-state index contributed by atoms with van der Waals surface area (Å²) in [5, 5.41) is 0.673. The van der Waals surface area contributed by atoms with E-state index in [-0.39, 0.29) is 5.56 Å². The van der Waals surface area contributed by atoms with Gasteiger partial charge in [-0.2, -0.15) is 0 Å². The molecule has 0 aliphatic heterocycles. The molecule has 1 aliphatic rings. The average molecular weight is 323 g/mol.